The zero-order valence-corrected chi connectivity index (χ0v) is 19.3. The maximum atomic E-state index is 13.8. The largest absolute Gasteiger partial charge is 0.358 e. The Morgan fingerprint density at radius 1 is 0.794 bits per heavy atom. The lowest BCUT2D eigenvalue weighted by Gasteiger charge is -2.35. The number of hydrogen-bond donors (Lipinski definition) is 0. The number of halogens is 2. The first-order valence-corrected chi connectivity index (χ1v) is 11.7. The fourth-order valence-electron chi connectivity index (χ4n) is 5.51. The van der Waals surface area contributed by atoms with E-state index in [9.17, 15) is 14.4 Å². The van der Waals surface area contributed by atoms with Crippen molar-refractivity contribution in [2.24, 2.45) is 11.8 Å². The minimum atomic E-state index is -0.824. The number of hydrogen-bond acceptors (Lipinski definition) is 4. The van der Waals surface area contributed by atoms with Gasteiger partial charge in [0, 0.05) is 21.8 Å². The van der Waals surface area contributed by atoms with Crippen molar-refractivity contribution < 1.29 is 14.4 Å². The molecule has 3 aromatic rings. The molecule has 7 heteroatoms. The summed E-state index contributed by atoms with van der Waals surface area (Å²) in [5.74, 6) is -2.43. The SMILES string of the molecule is O=C(c1ccc(Cl)cc1)C1C2C(=O)N(c3cccc(Cl)c3)C(=O)C2C2c3ccccc3C=CN12. The molecule has 2 fully saturated rings. The summed E-state index contributed by atoms with van der Waals surface area (Å²) >= 11 is 12.2. The Morgan fingerprint density at radius 3 is 2.29 bits per heavy atom. The number of ketones is 1. The summed E-state index contributed by atoms with van der Waals surface area (Å²) in [6, 6.07) is 19.8. The zero-order chi connectivity index (χ0) is 23.6. The summed E-state index contributed by atoms with van der Waals surface area (Å²) in [6.07, 6.45) is 3.77. The topological polar surface area (TPSA) is 57.7 Å². The first-order valence-electron chi connectivity index (χ1n) is 10.9. The molecule has 34 heavy (non-hydrogen) atoms. The molecule has 3 heterocycles. The van der Waals surface area contributed by atoms with E-state index in [4.69, 9.17) is 23.2 Å². The minimum absolute atomic E-state index is 0.215. The number of benzene rings is 3. The van der Waals surface area contributed by atoms with Gasteiger partial charge in [-0.15, -0.1) is 0 Å². The van der Waals surface area contributed by atoms with Gasteiger partial charge < -0.3 is 4.90 Å². The lowest BCUT2D eigenvalue weighted by Crippen LogP contribution is -2.44. The highest BCUT2D eigenvalue weighted by atomic mass is 35.5. The van der Waals surface area contributed by atoms with Gasteiger partial charge in [0.05, 0.1) is 23.6 Å². The second-order valence-corrected chi connectivity index (χ2v) is 9.57. The standard InChI is InChI=1S/C27H18Cl2N2O3/c28-17-10-8-16(9-11-17)25(32)24-22-21(23-20-7-2-1-4-15(20)12-13-30(23)24)26(33)31(27(22)34)19-6-3-5-18(29)14-19/h1-14,21-24H. The van der Waals surface area contributed by atoms with Crippen LogP contribution in [0, 0.1) is 11.8 Å². The highest BCUT2D eigenvalue weighted by molar-refractivity contribution is 6.32. The third-order valence-corrected chi connectivity index (χ3v) is 7.41. The fraction of sp³-hybridized carbons (Fsp3) is 0.148. The van der Waals surface area contributed by atoms with Crippen LogP contribution in [0.5, 0.6) is 0 Å². The summed E-state index contributed by atoms with van der Waals surface area (Å²) < 4.78 is 0. The van der Waals surface area contributed by atoms with E-state index in [0.29, 0.717) is 21.3 Å². The van der Waals surface area contributed by atoms with E-state index in [0.717, 1.165) is 11.1 Å². The van der Waals surface area contributed by atoms with Crippen LogP contribution in [0.25, 0.3) is 6.08 Å². The second kappa shape index (κ2) is 7.83. The summed E-state index contributed by atoms with van der Waals surface area (Å²) in [6.45, 7) is 0. The van der Waals surface area contributed by atoms with Crippen LogP contribution in [0.15, 0.2) is 79.0 Å². The molecule has 168 valence electrons. The molecule has 0 saturated carbocycles. The van der Waals surface area contributed by atoms with E-state index >= 15 is 0 Å². The summed E-state index contributed by atoms with van der Waals surface area (Å²) in [5.41, 5.74) is 2.77. The average Bonchev–Trinajstić information content (AvgIpc) is 3.31. The van der Waals surface area contributed by atoms with Gasteiger partial charge in [-0.25, -0.2) is 4.90 Å². The van der Waals surface area contributed by atoms with Crippen molar-refractivity contribution in [2.75, 3.05) is 4.90 Å². The number of fused-ring (bicyclic) bond motifs is 5. The number of Topliss-reactive ketones (excluding diaryl/α,β-unsaturated/α-hetero) is 1. The van der Waals surface area contributed by atoms with Gasteiger partial charge in [-0.2, -0.15) is 0 Å². The van der Waals surface area contributed by atoms with E-state index in [2.05, 4.69) is 0 Å². The summed E-state index contributed by atoms with van der Waals surface area (Å²) in [4.78, 5) is 44.5. The second-order valence-electron chi connectivity index (χ2n) is 8.70. The molecule has 4 unspecified atom stereocenters. The first kappa shape index (κ1) is 21.1. The van der Waals surface area contributed by atoms with Gasteiger partial charge in [-0.05, 0) is 59.7 Å². The number of carbonyl (C=O) groups is 3. The van der Waals surface area contributed by atoms with Crippen LogP contribution >= 0.6 is 23.2 Å². The van der Waals surface area contributed by atoms with E-state index < -0.39 is 23.9 Å². The van der Waals surface area contributed by atoms with Gasteiger partial charge in [-0.3, -0.25) is 14.4 Å². The molecular formula is C27H18Cl2N2O3. The van der Waals surface area contributed by atoms with E-state index in [1.54, 1.807) is 48.5 Å². The van der Waals surface area contributed by atoms with E-state index in [1.807, 2.05) is 41.4 Å². The Morgan fingerprint density at radius 2 is 1.53 bits per heavy atom. The van der Waals surface area contributed by atoms with Crippen LogP contribution in [-0.4, -0.2) is 28.5 Å². The highest BCUT2D eigenvalue weighted by Crippen LogP contribution is 2.53. The predicted molar refractivity (Wildman–Crippen MR) is 131 cm³/mol. The highest BCUT2D eigenvalue weighted by Gasteiger charge is 2.64. The normalized spacial score (nSPS) is 24.8. The number of carbonyl (C=O) groups excluding carboxylic acids is 3. The van der Waals surface area contributed by atoms with Crippen molar-refractivity contribution in [3.8, 4) is 0 Å². The monoisotopic (exact) mass is 488 g/mol. The van der Waals surface area contributed by atoms with Crippen molar-refractivity contribution in [1.82, 2.24) is 4.90 Å². The Balaban J connectivity index is 1.50. The minimum Gasteiger partial charge on any atom is -0.358 e. The van der Waals surface area contributed by atoms with Crippen molar-refractivity contribution in [2.45, 2.75) is 12.1 Å². The zero-order valence-electron chi connectivity index (χ0n) is 17.8. The maximum Gasteiger partial charge on any atom is 0.240 e. The molecule has 5 nitrogen and oxygen atoms in total. The fourth-order valence-corrected chi connectivity index (χ4v) is 5.82. The molecule has 0 bridgehead atoms. The van der Waals surface area contributed by atoms with Crippen molar-refractivity contribution in [3.05, 3.63) is 106 Å². The van der Waals surface area contributed by atoms with Gasteiger partial charge >= 0.3 is 0 Å². The molecule has 0 aromatic heterocycles. The van der Waals surface area contributed by atoms with Crippen LogP contribution in [-0.2, 0) is 9.59 Å². The number of nitrogens with zero attached hydrogens (tertiary/aromatic N) is 2. The molecule has 2 amide bonds. The molecule has 6 rings (SSSR count). The Kier molecular flexibility index (Phi) is 4.87. The number of anilines is 1. The third-order valence-electron chi connectivity index (χ3n) is 6.93. The van der Waals surface area contributed by atoms with Crippen LogP contribution in [0.4, 0.5) is 5.69 Å². The van der Waals surface area contributed by atoms with Crippen LogP contribution < -0.4 is 4.90 Å². The Hall–Kier alpha value is -3.41. The van der Waals surface area contributed by atoms with Crippen molar-refractivity contribution in [3.63, 3.8) is 0 Å². The average molecular weight is 489 g/mol. The van der Waals surface area contributed by atoms with Crippen LogP contribution in [0.1, 0.15) is 27.5 Å². The molecule has 0 spiro atoms. The third kappa shape index (κ3) is 3.04. The first-order chi connectivity index (χ1) is 16.5. The van der Waals surface area contributed by atoms with Crippen molar-refractivity contribution >= 4 is 52.6 Å². The maximum absolute atomic E-state index is 13.8. The molecular weight excluding hydrogens is 471 g/mol. The quantitative estimate of drug-likeness (QED) is 0.366. The smallest absolute Gasteiger partial charge is 0.240 e. The van der Waals surface area contributed by atoms with Crippen molar-refractivity contribution in [1.29, 1.82) is 0 Å². The molecule has 0 aliphatic carbocycles. The Bertz CT molecular complexity index is 1380. The number of rotatable bonds is 3. The summed E-state index contributed by atoms with van der Waals surface area (Å²) in [5, 5.41) is 0.946. The van der Waals surface area contributed by atoms with E-state index in [-0.39, 0.29) is 17.6 Å². The molecule has 3 aliphatic rings. The molecule has 0 N–H and O–H groups in total. The molecule has 4 atom stereocenters. The van der Waals surface area contributed by atoms with Gasteiger partial charge in [0.15, 0.2) is 5.78 Å². The Labute approximate surface area is 206 Å². The predicted octanol–water partition coefficient (Wildman–Crippen LogP) is 5.39. The summed E-state index contributed by atoms with van der Waals surface area (Å²) in [7, 11) is 0. The van der Waals surface area contributed by atoms with Gasteiger partial charge in [0.1, 0.15) is 6.04 Å². The van der Waals surface area contributed by atoms with Gasteiger partial charge in [0.2, 0.25) is 11.8 Å². The van der Waals surface area contributed by atoms with Crippen LogP contribution in [0.3, 0.4) is 0 Å². The number of amides is 2. The molecule has 2 saturated heterocycles. The van der Waals surface area contributed by atoms with E-state index in [1.165, 1.54) is 4.90 Å². The number of imide groups is 1. The lowest BCUT2D eigenvalue weighted by atomic mass is 9.83. The van der Waals surface area contributed by atoms with Crippen LogP contribution in [0.2, 0.25) is 10.0 Å². The van der Waals surface area contributed by atoms with Gasteiger partial charge in [0.25, 0.3) is 0 Å². The molecule has 0 radical (unpaired) electrons. The molecule has 3 aliphatic heterocycles. The lowest BCUT2D eigenvalue weighted by molar-refractivity contribution is -0.123. The van der Waals surface area contributed by atoms with Gasteiger partial charge in [-0.1, -0.05) is 53.5 Å². The molecule has 3 aromatic carbocycles.